The van der Waals surface area contributed by atoms with E-state index in [1.54, 1.807) is 52.4 Å². The summed E-state index contributed by atoms with van der Waals surface area (Å²) in [5.74, 6) is -0.148. The van der Waals surface area contributed by atoms with Gasteiger partial charge >= 0.3 is 0 Å². The van der Waals surface area contributed by atoms with Gasteiger partial charge in [-0.25, -0.2) is 9.67 Å². The second-order valence-corrected chi connectivity index (χ2v) is 11.7. The van der Waals surface area contributed by atoms with Crippen LogP contribution >= 0.6 is 23.2 Å². The molecule has 13 heteroatoms. The number of rotatable bonds is 3. The van der Waals surface area contributed by atoms with Crippen molar-refractivity contribution in [3.63, 3.8) is 0 Å². The third-order valence-corrected chi connectivity index (χ3v) is 8.77. The lowest BCUT2D eigenvalue weighted by Crippen LogP contribution is -2.33. The van der Waals surface area contributed by atoms with Crippen LogP contribution < -0.4 is 10.9 Å². The van der Waals surface area contributed by atoms with Gasteiger partial charge in [0.25, 0.3) is 5.56 Å². The highest BCUT2D eigenvalue weighted by Crippen LogP contribution is 2.57. The van der Waals surface area contributed by atoms with Gasteiger partial charge in [-0.05, 0) is 55.0 Å². The van der Waals surface area contributed by atoms with Crippen molar-refractivity contribution in [2.45, 2.75) is 31.7 Å². The smallest absolute Gasteiger partial charge is 0.254 e. The number of nitrogens with zero attached hydrogens (tertiary/aromatic N) is 8. The molecule has 2 unspecified atom stereocenters. The van der Waals surface area contributed by atoms with E-state index in [2.05, 4.69) is 25.7 Å². The topological polar surface area (TPSA) is 125 Å². The molecule has 42 heavy (non-hydrogen) atoms. The Balaban J connectivity index is 1.35. The van der Waals surface area contributed by atoms with E-state index in [-0.39, 0.29) is 28.5 Å². The summed E-state index contributed by atoms with van der Waals surface area (Å²) in [7, 11) is 1.83. The molecule has 1 saturated carbocycles. The molecule has 1 aromatic carbocycles. The van der Waals surface area contributed by atoms with Gasteiger partial charge < -0.3 is 5.32 Å². The molecule has 212 valence electrons. The maximum absolute atomic E-state index is 13.9. The summed E-state index contributed by atoms with van der Waals surface area (Å²) in [4.78, 5) is 36.2. The van der Waals surface area contributed by atoms with Crippen LogP contribution in [0.1, 0.15) is 31.7 Å². The fourth-order valence-electron chi connectivity index (χ4n) is 6.08. The van der Waals surface area contributed by atoms with Crippen LogP contribution in [0, 0.1) is 11.8 Å². The van der Waals surface area contributed by atoms with E-state index >= 15 is 0 Å². The number of hydrogen-bond acceptors (Lipinski definition) is 7. The Morgan fingerprint density at radius 1 is 1.07 bits per heavy atom. The second-order valence-electron chi connectivity index (χ2n) is 10.9. The maximum Gasteiger partial charge on any atom is 0.254 e. The molecule has 3 atom stereocenters. The number of hydrogen-bond donors (Lipinski definition) is 1. The summed E-state index contributed by atoms with van der Waals surface area (Å²) < 4.78 is 4.95. The molecule has 0 radical (unpaired) electrons. The summed E-state index contributed by atoms with van der Waals surface area (Å²) >= 11 is 12.4. The summed E-state index contributed by atoms with van der Waals surface area (Å²) in [6.45, 7) is 1.93. The van der Waals surface area contributed by atoms with Crippen molar-refractivity contribution in [3.8, 4) is 28.2 Å². The summed E-state index contributed by atoms with van der Waals surface area (Å²) in [5.41, 5.74) is 3.93. The van der Waals surface area contributed by atoms with Crippen molar-refractivity contribution in [1.82, 2.24) is 39.3 Å². The van der Waals surface area contributed by atoms with Crippen molar-refractivity contribution in [3.05, 3.63) is 87.5 Å². The number of pyridine rings is 1. The van der Waals surface area contributed by atoms with Crippen molar-refractivity contribution < 1.29 is 4.79 Å². The molecule has 2 aliphatic rings. The number of carbonyl (C=O) groups is 1. The molecule has 2 bridgehead atoms. The zero-order valence-corrected chi connectivity index (χ0v) is 24.2. The van der Waals surface area contributed by atoms with E-state index in [1.807, 2.05) is 26.2 Å². The van der Waals surface area contributed by atoms with Gasteiger partial charge in [0.1, 0.15) is 0 Å². The fourth-order valence-corrected chi connectivity index (χ4v) is 6.38. The number of aryl methyl sites for hydroxylation is 1. The van der Waals surface area contributed by atoms with Crippen molar-refractivity contribution >= 4 is 34.8 Å². The summed E-state index contributed by atoms with van der Waals surface area (Å²) in [6, 6.07) is 8.79. The van der Waals surface area contributed by atoms with Gasteiger partial charge in [0.15, 0.2) is 5.15 Å². The van der Waals surface area contributed by atoms with E-state index < -0.39 is 5.54 Å². The van der Waals surface area contributed by atoms with Gasteiger partial charge in [0, 0.05) is 47.6 Å². The number of anilines is 1. The molecule has 0 saturated heterocycles. The van der Waals surface area contributed by atoms with Crippen molar-refractivity contribution in [1.29, 1.82) is 0 Å². The summed E-state index contributed by atoms with van der Waals surface area (Å²) in [6.07, 6.45) is 10.6. The molecular weight excluding hydrogens is 577 g/mol. The predicted octanol–water partition coefficient (Wildman–Crippen LogP) is 4.73. The molecule has 0 spiro atoms. The first-order chi connectivity index (χ1) is 20.2. The average Bonchev–Trinajstić information content (AvgIpc) is 3.35. The largest absolute Gasteiger partial charge is 0.323 e. The lowest BCUT2D eigenvalue weighted by molar-refractivity contribution is -0.119. The quantitative estimate of drug-likeness (QED) is 0.317. The number of benzene rings is 1. The Morgan fingerprint density at radius 3 is 2.71 bits per heavy atom. The molecule has 1 fully saturated rings. The normalized spacial score (nSPS) is 21.5. The Bertz CT molecular complexity index is 1930. The van der Waals surface area contributed by atoms with Gasteiger partial charge in [-0.1, -0.05) is 35.3 Å². The van der Waals surface area contributed by atoms with E-state index in [0.29, 0.717) is 34.1 Å². The SMILES string of the molecule is C[C@@H]1CCC2CC2(n2cnc(-c3cc(Cl)ccc3-n3cc(Cl)nn3)cc2=O)c2cncc(c2)-c2c(cnn2C)NC1=O. The molecule has 1 aliphatic heterocycles. The molecular formula is C29H25Cl2N9O2. The van der Waals surface area contributed by atoms with Crippen LogP contribution in [-0.4, -0.2) is 45.2 Å². The highest BCUT2D eigenvalue weighted by atomic mass is 35.5. The molecule has 1 N–H and O–H groups in total. The summed E-state index contributed by atoms with van der Waals surface area (Å²) in [5, 5.41) is 16.1. The van der Waals surface area contributed by atoms with E-state index in [1.165, 1.54) is 10.7 Å². The monoisotopic (exact) mass is 601 g/mol. The zero-order chi connectivity index (χ0) is 29.2. The predicted molar refractivity (Wildman–Crippen MR) is 158 cm³/mol. The average molecular weight is 602 g/mol. The number of carbonyl (C=O) groups excluding carboxylic acids is 1. The Labute approximate surface area is 250 Å². The molecule has 5 aromatic rings. The van der Waals surface area contributed by atoms with Gasteiger partial charge in [0.05, 0.1) is 47.0 Å². The van der Waals surface area contributed by atoms with Crippen molar-refractivity contribution in [2.75, 3.05) is 5.32 Å². The molecule has 4 aromatic heterocycles. The van der Waals surface area contributed by atoms with Crippen LogP contribution in [0.5, 0.6) is 0 Å². The van der Waals surface area contributed by atoms with Crippen LogP contribution in [0.25, 0.3) is 28.2 Å². The Hall–Kier alpha value is -4.35. The zero-order valence-electron chi connectivity index (χ0n) is 22.7. The van der Waals surface area contributed by atoms with Gasteiger partial charge in [0.2, 0.25) is 5.91 Å². The van der Waals surface area contributed by atoms with E-state index in [0.717, 1.165) is 29.7 Å². The minimum Gasteiger partial charge on any atom is -0.323 e. The number of nitrogens with one attached hydrogen (secondary N) is 1. The van der Waals surface area contributed by atoms with Gasteiger partial charge in [-0.2, -0.15) is 5.10 Å². The van der Waals surface area contributed by atoms with Crippen LogP contribution in [0.2, 0.25) is 10.2 Å². The Kier molecular flexibility index (Phi) is 6.25. The van der Waals surface area contributed by atoms with Crippen LogP contribution in [-0.2, 0) is 17.4 Å². The minimum atomic E-state index is -0.642. The van der Waals surface area contributed by atoms with E-state index in [9.17, 15) is 9.59 Å². The second kappa shape index (κ2) is 9.88. The lowest BCUT2D eigenvalue weighted by atomic mass is 9.95. The highest BCUT2D eigenvalue weighted by Gasteiger charge is 2.57. The molecule has 1 amide bonds. The maximum atomic E-state index is 13.9. The van der Waals surface area contributed by atoms with Gasteiger partial charge in [-0.3, -0.25) is 23.8 Å². The number of halogens is 2. The standard InChI is InChI=1S/C29H25Cl2N9O2/c1-16-3-4-18-10-29(18,19-7-17(11-32-12-19)27-23(35-28(16)42)13-34-38(27)2)39-15-33-22(9-26(39)41)21-8-20(30)5-6-24(21)40-14-25(31)36-37-40/h5-9,11-16,18H,3-4,10H2,1-2H3,(H,35,42)/t16-,18?,29?/m1/s1. The fraction of sp³-hybridized carbons (Fsp3) is 0.276. The van der Waals surface area contributed by atoms with Crippen LogP contribution in [0.3, 0.4) is 0 Å². The number of fused-ring (bicyclic) bond motifs is 6. The first kappa shape index (κ1) is 26.5. The first-order valence-corrected chi connectivity index (χ1v) is 14.3. The third kappa shape index (κ3) is 4.31. The van der Waals surface area contributed by atoms with Crippen molar-refractivity contribution in [2.24, 2.45) is 18.9 Å². The Morgan fingerprint density at radius 2 is 1.93 bits per heavy atom. The highest BCUT2D eigenvalue weighted by molar-refractivity contribution is 6.31. The minimum absolute atomic E-state index is 0.0608. The number of aromatic nitrogens is 8. The molecule has 5 heterocycles. The third-order valence-electron chi connectivity index (χ3n) is 8.36. The van der Waals surface area contributed by atoms with Crippen LogP contribution in [0.15, 0.2) is 66.2 Å². The molecule has 11 nitrogen and oxygen atoms in total. The van der Waals surface area contributed by atoms with E-state index in [4.69, 9.17) is 28.2 Å². The van der Waals surface area contributed by atoms with Gasteiger partial charge in [-0.15, -0.1) is 5.10 Å². The number of amides is 1. The lowest BCUT2D eigenvalue weighted by Gasteiger charge is -2.23. The molecule has 1 aliphatic carbocycles. The first-order valence-electron chi connectivity index (χ1n) is 13.5. The van der Waals surface area contributed by atoms with Crippen LogP contribution in [0.4, 0.5) is 5.69 Å². The molecule has 7 rings (SSSR count).